The van der Waals surface area contributed by atoms with Crippen molar-refractivity contribution in [2.75, 3.05) is 0 Å². The van der Waals surface area contributed by atoms with Crippen molar-refractivity contribution in [1.29, 1.82) is 5.26 Å². The summed E-state index contributed by atoms with van der Waals surface area (Å²) in [5.41, 5.74) is -0.669. The molecule has 0 amide bonds. The standard InChI is InChI=1S/C14H8ClF3N2O/c15-7-10-2-1-5-20-13(10)21-12-4-3-9(8-19)6-11(12)14(16,17)18/h1-6H,7H2. The highest BCUT2D eigenvalue weighted by molar-refractivity contribution is 6.17. The fraction of sp³-hybridized carbons (Fsp3) is 0.143. The van der Waals surface area contributed by atoms with E-state index in [9.17, 15) is 13.2 Å². The normalized spacial score (nSPS) is 11.0. The lowest BCUT2D eigenvalue weighted by Gasteiger charge is -2.14. The predicted octanol–water partition coefficient (Wildman–Crippen LogP) is 4.50. The molecule has 1 heterocycles. The number of aromatic nitrogens is 1. The van der Waals surface area contributed by atoms with Crippen molar-refractivity contribution in [2.24, 2.45) is 0 Å². The van der Waals surface area contributed by atoms with Crippen LogP contribution in [0.15, 0.2) is 36.5 Å². The second-order valence-corrected chi connectivity index (χ2v) is 4.29. The van der Waals surface area contributed by atoms with Crippen molar-refractivity contribution in [3.63, 3.8) is 0 Å². The van der Waals surface area contributed by atoms with E-state index < -0.39 is 17.5 Å². The van der Waals surface area contributed by atoms with E-state index in [2.05, 4.69) is 4.98 Å². The van der Waals surface area contributed by atoms with Crippen molar-refractivity contribution in [3.8, 4) is 17.7 Å². The molecule has 2 aromatic rings. The maximum Gasteiger partial charge on any atom is 0.420 e. The molecule has 3 nitrogen and oxygen atoms in total. The smallest absolute Gasteiger partial charge is 0.420 e. The Morgan fingerprint density at radius 1 is 1.29 bits per heavy atom. The van der Waals surface area contributed by atoms with Crippen LogP contribution in [0.2, 0.25) is 0 Å². The molecule has 0 spiro atoms. The monoisotopic (exact) mass is 312 g/mol. The minimum absolute atomic E-state index is 0.00251. The van der Waals surface area contributed by atoms with E-state index in [0.717, 1.165) is 12.1 Å². The third-order valence-electron chi connectivity index (χ3n) is 2.61. The van der Waals surface area contributed by atoms with Crippen LogP contribution in [0.4, 0.5) is 13.2 Å². The SMILES string of the molecule is N#Cc1ccc(Oc2ncccc2CCl)c(C(F)(F)F)c1. The van der Waals surface area contributed by atoms with Gasteiger partial charge >= 0.3 is 6.18 Å². The molecule has 7 heteroatoms. The topological polar surface area (TPSA) is 45.9 Å². The molecular formula is C14H8ClF3N2O. The van der Waals surface area contributed by atoms with Gasteiger partial charge in [-0.1, -0.05) is 6.07 Å². The van der Waals surface area contributed by atoms with Crippen LogP contribution in [-0.4, -0.2) is 4.98 Å². The third-order valence-corrected chi connectivity index (χ3v) is 2.90. The molecule has 2 rings (SSSR count). The van der Waals surface area contributed by atoms with Crippen LogP contribution in [0.3, 0.4) is 0 Å². The van der Waals surface area contributed by atoms with Crippen molar-refractivity contribution in [1.82, 2.24) is 4.98 Å². The highest BCUT2D eigenvalue weighted by atomic mass is 35.5. The lowest BCUT2D eigenvalue weighted by Crippen LogP contribution is -2.08. The van der Waals surface area contributed by atoms with Crippen molar-refractivity contribution in [2.45, 2.75) is 12.1 Å². The molecule has 0 aliphatic rings. The lowest BCUT2D eigenvalue weighted by atomic mass is 10.1. The molecule has 108 valence electrons. The van der Waals surface area contributed by atoms with Gasteiger partial charge in [-0.25, -0.2) is 4.98 Å². The predicted molar refractivity (Wildman–Crippen MR) is 70.0 cm³/mol. The number of alkyl halides is 4. The van der Waals surface area contributed by atoms with Gasteiger partial charge in [-0.05, 0) is 24.3 Å². The minimum atomic E-state index is -4.64. The summed E-state index contributed by atoms with van der Waals surface area (Å²) in [7, 11) is 0. The molecule has 1 aromatic heterocycles. The summed E-state index contributed by atoms with van der Waals surface area (Å²) in [6, 6.07) is 7.94. The molecule has 1 aromatic carbocycles. The molecule has 0 aliphatic heterocycles. The summed E-state index contributed by atoms with van der Waals surface area (Å²) in [5.74, 6) is -0.366. The van der Waals surface area contributed by atoms with E-state index in [0.29, 0.717) is 5.56 Å². The van der Waals surface area contributed by atoms with Gasteiger partial charge in [0, 0.05) is 11.8 Å². The molecule has 0 radical (unpaired) electrons. The van der Waals surface area contributed by atoms with Crippen LogP contribution in [0.5, 0.6) is 11.6 Å². The van der Waals surface area contributed by atoms with Crippen LogP contribution >= 0.6 is 11.6 Å². The van der Waals surface area contributed by atoms with Gasteiger partial charge in [0.25, 0.3) is 0 Å². The van der Waals surface area contributed by atoms with Gasteiger partial charge in [0.05, 0.1) is 23.1 Å². The number of ether oxygens (including phenoxy) is 1. The summed E-state index contributed by atoms with van der Waals surface area (Å²) in [5, 5.41) is 8.70. The van der Waals surface area contributed by atoms with Crippen molar-refractivity contribution in [3.05, 3.63) is 53.2 Å². The van der Waals surface area contributed by atoms with E-state index in [4.69, 9.17) is 21.6 Å². The fourth-order valence-corrected chi connectivity index (χ4v) is 1.84. The first-order valence-electron chi connectivity index (χ1n) is 5.74. The Morgan fingerprint density at radius 2 is 2.05 bits per heavy atom. The van der Waals surface area contributed by atoms with Crippen LogP contribution in [0.25, 0.3) is 0 Å². The Hall–Kier alpha value is -2.26. The van der Waals surface area contributed by atoms with Gasteiger partial charge in [-0.2, -0.15) is 18.4 Å². The van der Waals surface area contributed by atoms with E-state index in [1.54, 1.807) is 18.2 Å². The molecular weight excluding hydrogens is 305 g/mol. The second-order valence-electron chi connectivity index (χ2n) is 4.02. The van der Waals surface area contributed by atoms with E-state index in [1.165, 1.54) is 12.3 Å². The zero-order chi connectivity index (χ0) is 15.5. The van der Waals surface area contributed by atoms with Gasteiger partial charge in [-0.3, -0.25) is 0 Å². The summed E-state index contributed by atoms with van der Waals surface area (Å²) in [6.07, 6.45) is -3.25. The molecule has 0 aliphatic carbocycles. The van der Waals surface area contributed by atoms with Crippen molar-refractivity contribution < 1.29 is 17.9 Å². The Balaban J connectivity index is 2.47. The van der Waals surface area contributed by atoms with Gasteiger partial charge in [0.15, 0.2) is 0 Å². The number of pyridine rings is 1. The number of nitriles is 1. The maximum absolute atomic E-state index is 13.0. The van der Waals surface area contributed by atoms with Crippen LogP contribution in [0, 0.1) is 11.3 Å². The Labute approximate surface area is 123 Å². The summed E-state index contributed by atoms with van der Waals surface area (Å²) in [4.78, 5) is 3.87. The number of rotatable bonds is 3. The Morgan fingerprint density at radius 3 is 2.67 bits per heavy atom. The number of benzene rings is 1. The maximum atomic E-state index is 13.0. The zero-order valence-electron chi connectivity index (χ0n) is 10.5. The lowest BCUT2D eigenvalue weighted by molar-refractivity contribution is -0.138. The largest absolute Gasteiger partial charge is 0.438 e. The molecule has 0 saturated carbocycles. The summed E-state index contributed by atoms with van der Waals surface area (Å²) < 4.78 is 44.3. The first-order valence-corrected chi connectivity index (χ1v) is 6.28. The number of halogens is 4. The molecule has 21 heavy (non-hydrogen) atoms. The molecule has 0 saturated heterocycles. The average molecular weight is 313 g/mol. The molecule has 0 N–H and O–H groups in total. The van der Waals surface area contributed by atoms with Crippen LogP contribution < -0.4 is 4.74 Å². The minimum Gasteiger partial charge on any atom is -0.438 e. The van der Waals surface area contributed by atoms with Crippen molar-refractivity contribution >= 4 is 11.6 Å². The zero-order valence-corrected chi connectivity index (χ0v) is 11.2. The van der Waals surface area contributed by atoms with Gasteiger partial charge in [0.2, 0.25) is 5.88 Å². The van der Waals surface area contributed by atoms with E-state index in [-0.39, 0.29) is 17.3 Å². The number of hydrogen-bond acceptors (Lipinski definition) is 3. The van der Waals surface area contributed by atoms with E-state index >= 15 is 0 Å². The van der Waals surface area contributed by atoms with Crippen LogP contribution in [0.1, 0.15) is 16.7 Å². The summed E-state index contributed by atoms with van der Waals surface area (Å²) in [6.45, 7) is 0. The van der Waals surface area contributed by atoms with Gasteiger partial charge in [-0.15, -0.1) is 11.6 Å². The first-order chi connectivity index (χ1) is 9.95. The van der Waals surface area contributed by atoms with Gasteiger partial charge in [0.1, 0.15) is 5.75 Å². The quantitative estimate of drug-likeness (QED) is 0.784. The highest BCUT2D eigenvalue weighted by Crippen LogP contribution is 2.38. The van der Waals surface area contributed by atoms with E-state index in [1.807, 2.05) is 0 Å². The fourth-order valence-electron chi connectivity index (χ4n) is 1.63. The second kappa shape index (κ2) is 6.02. The Kier molecular flexibility index (Phi) is 4.34. The highest BCUT2D eigenvalue weighted by Gasteiger charge is 2.35. The number of hydrogen-bond donors (Lipinski definition) is 0. The Bertz CT molecular complexity index is 695. The van der Waals surface area contributed by atoms with Gasteiger partial charge < -0.3 is 4.74 Å². The number of nitrogens with zero attached hydrogens (tertiary/aromatic N) is 2. The molecule has 0 bridgehead atoms. The molecule has 0 atom stereocenters. The molecule has 0 fully saturated rings. The molecule has 0 unspecified atom stereocenters. The third kappa shape index (κ3) is 3.44. The average Bonchev–Trinajstić information content (AvgIpc) is 2.47. The van der Waals surface area contributed by atoms with Crippen LogP contribution in [-0.2, 0) is 12.1 Å². The first kappa shape index (κ1) is 15.1. The summed E-state index contributed by atoms with van der Waals surface area (Å²) >= 11 is 5.69.